The van der Waals surface area contributed by atoms with E-state index in [-0.39, 0.29) is 17.7 Å². The van der Waals surface area contributed by atoms with Gasteiger partial charge in [-0.1, -0.05) is 129 Å². The molecule has 6 aromatic carbocycles. The Morgan fingerprint density at radius 3 is 1.00 bits per heavy atom. The van der Waals surface area contributed by atoms with E-state index in [0.29, 0.717) is 26.2 Å². The van der Waals surface area contributed by atoms with Crippen molar-refractivity contribution in [2.75, 3.05) is 60.5 Å². The second-order valence-corrected chi connectivity index (χ2v) is 18.8. The molecule has 65 heavy (non-hydrogen) atoms. The van der Waals surface area contributed by atoms with E-state index >= 15 is 0 Å². The predicted molar refractivity (Wildman–Crippen MR) is 271 cm³/mol. The van der Waals surface area contributed by atoms with Crippen LogP contribution in [0.25, 0.3) is 0 Å². The molecule has 3 heterocycles. The molecule has 0 fully saturated rings. The second-order valence-electron chi connectivity index (χ2n) is 15.6. The fraction of sp³-hybridized carbons (Fsp3) is 0.264. The van der Waals surface area contributed by atoms with Crippen molar-refractivity contribution in [3.05, 3.63) is 146 Å². The summed E-state index contributed by atoms with van der Waals surface area (Å²) in [7, 11) is 0. The van der Waals surface area contributed by atoms with Gasteiger partial charge in [-0.25, -0.2) is 0 Å². The Kier molecular flexibility index (Phi) is 17.0. The number of rotatable bonds is 13. The molecule has 0 saturated carbocycles. The average molecular weight is 923 g/mol. The molecule has 12 heteroatoms. The molecular formula is C53H58N6O3S3. The number of nitrogens with zero attached hydrogens (tertiary/aromatic N) is 4. The maximum absolute atomic E-state index is 12.9. The van der Waals surface area contributed by atoms with Crippen molar-refractivity contribution in [2.24, 2.45) is 0 Å². The molecule has 3 aliphatic heterocycles. The number of amides is 3. The third-order valence-electron chi connectivity index (χ3n) is 10.8. The lowest BCUT2D eigenvalue weighted by molar-refractivity contribution is -0.129. The van der Waals surface area contributed by atoms with Gasteiger partial charge in [0.15, 0.2) is 0 Å². The van der Waals surface area contributed by atoms with Crippen LogP contribution in [0.15, 0.2) is 175 Å². The van der Waals surface area contributed by atoms with Gasteiger partial charge in [0.2, 0.25) is 17.7 Å². The van der Waals surface area contributed by atoms with Crippen molar-refractivity contribution >= 4 is 87.1 Å². The molecule has 9 rings (SSSR count). The number of fused-ring (bicyclic) bond motifs is 6. The second kappa shape index (κ2) is 23.4. The smallest absolute Gasteiger partial charge is 0.242 e. The van der Waals surface area contributed by atoms with Crippen molar-refractivity contribution in [3.63, 3.8) is 0 Å². The number of hydrogen-bond acceptors (Lipinski definition) is 9. The van der Waals surface area contributed by atoms with Crippen molar-refractivity contribution in [3.8, 4) is 0 Å². The molecule has 0 aliphatic carbocycles. The molecule has 0 radical (unpaired) electrons. The minimum Gasteiger partial charge on any atom is -0.355 e. The van der Waals surface area contributed by atoms with Gasteiger partial charge in [0, 0.05) is 55.6 Å². The lowest BCUT2D eigenvalue weighted by Crippen LogP contribution is -2.40. The summed E-state index contributed by atoms with van der Waals surface area (Å²) in [5.74, 6) is 0.313. The molecule has 0 unspecified atom stereocenters. The number of hydrogen-bond donors (Lipinski definition) is 2. The highest BCUT2D eigenvalue weighted by Gasteiger charge is 2.28. The van der Waals surface area contributed by atoms with Gasteiger partial charge in [-0.15, -0.1) is 0 Å². The van der Waals surface area contributed by atoms with E-state index in [2.05, 4.69) is 131 Å². The first-order valence-corrected chi connectivity index (χ1v) is 25.0. The molecule has 0 aromatic heterocycles. The van der Waals surface area contributed by atoms with Crippen LogP contribution in [0.3, 0.4) is 0 Å². The number of para-hydroxylation sites is 6. The summed E-state index contributed by atoms with van der Waals surface area (Å²) in [6.07, 6.45) is 2.94. The molecule has 6 aromatic rings. The van der Waals surface area contributed by atoms with E-state index in [1.54, 1.807) is 35.3 Å². The lowest BCUT2D eigenvalue weighted by atomic mass is 10.2. The summed E-state index contributed by atoms with van der Waals surface area (Å²) in [6, 6.07) is 49.6. The highest BCUT2D eigenvalue weighted by molar-refractivity contribution is 8.00. The number of carbonyl (C=O) groups is 3. The number of benzene rings is 6. The van der Waals surface area contributed by atoms with Crippen LogP contribution in [0.1, 0.15) is 47.0 Å². The molecule has 9 nitrogen and oxygen atoms in total. The first-order chi connectivity index (χ1) is 31.8. The van der Waals surface area contributed by atoms with Crippen molar-refractivity contribution in [1.29, 1.82) is 0 Å². The van der Waals surface area contributed by atoms with Gasteiger partial charge in [0.25, 0.3) is 0 Å². The van der Waals surface area contributed by atoms with E-state index in [1.807, 2.05) is 72.5 Å². The summed E-state index contributed by atoms with van der Waals surface area (Å²) in [6.45, 7) is 12.4. The Morgan fingerprint density at radius 2 is 0.708 bits per heavy atom. The molecule has 3 amide bonds. The van der Waals surface area contributed by atoms with Gasteiger partial charge in [-0.3, -0.25) is 14.4 Å². The Hall–Kier alpha value is -5.82. The van der Waals surface area contributed by atoms with E-state index < -0.39 is 0 Å². The molecular weight excluding hydrogens is 865 g/mol. The van der Waals surface area contributed by atoms with E-state index in [1.165, 1.54) is 29.4 Å². The van der Waals surface area contributed by atoms with Crippen LogP contribution in [0, 0.1) is 0 Å². The minimum atomic E-state index is 0.0454. The van der Waals surface area contributed by atoms with Crippen molar-refractivity contribution < 1.29 is 14.4 Å². The fourth-order valence-corrected chi connectivity index (χ4v) is 11.1. The zero-order valence-corrected chi connectivity index (χ0v) is 40.1. The van der Waals surface area contributed by atoms with Crippen LogP contribution in [-0.2, 0) is 14.4 Å². The summed E-state index contributed by atoms with van der Waals surface area (Å²) in [5.41, 5.74) is 6.66. The summed E-state index contributed by atoms with van der Waals surface area (Å²) in [5, 5.41) is 5.82. The molecule has 336 valence electrons. The molecule has 0 bridgehead atoms. The SMILES string of the molecule is CCCN(CCC)C(=O)CN1c2ccccc2Sc2ccccc21.CCCNC(=O)CN1c2ccccc2Sc2ccccc21.CCNC(=O)CN1c2ccccc2Sc2ccccc21. The van der Waals surface area contributed by atoms with Crippen LogP contribution < -0.4 is 25.3 Å². The molecule has 0 spiro atoms. The molecule has 0 saturated heterocycles. The van der Waals surface area contributed by atoms with Crippen LogP contribution in [0.2, 0.25) is 0 Å². The highest BCUT2D eigenvalue weighted by atomic mass is 32.2. The monoisotopic (exact) mass is 922 g/mol. The van der Waals surface area contributed by atoms with Crippen molar-refractivity contribution in [2.45, 2.75) is 76.3 Å². The Balaban J connectivity index is 0.000000146. The average Bonchev–Trinajstić information content (AvgIpc) is 3.33. The molecule has 0 atom stereocenters. The minimum absolute atomic E-state index is 0.0454. The van der Waals surface area contributed by atoms with Crippen LogP contribution in [0.4, 0.5) is 34.1 Å². The van der Waals surface area contributed by atoms with Gasteiger partial charge in [-0.2, -0.15) is 0 Å². The van der Waals surface area contributed by atoms with Gasteiger partial charge < -0.3 is 30.2 Å². The number of likely N-dealkylation sites (N-methyl/N-ethyl adjacent to an activating group) is 1. The zero-order valence-electron chi connectivity index (χ0n) is 37.7. The number of carbonyl (C=O) groups excluding carboxylic acids is 3. The quantitative estimate of drug-likeness (QED) is 0.118. The van der Waals surface area contributed by atoms with Gasteiger partial charge in [-0.05, 0) is 99.0 Å². The third-order valence-corrected chi connectivity index (χ3v) is 14.2. The fourth-order valence-electron chi connectivity index (χ4n) is 7.85. The lowest BCUT2D eigenvalue weighted by Gasteiger charge is -2.34. The summed E-state index contributed by atoms with van der Waals surface area (Å²) in [4.78, 5) is 52.5. The number of nitrogens with one attached hydrogen (secondary N) is 2. The Morgan fingerprint density at radius 1 is 0.415 bits per heavy atom. The maximum atomic E-state index is 12.9. The summed E-state index contributed by atoms with van der Waals surface area (Å²) >= 11 is 5.29. The maximum Gasteiger partial charge on any atom is 0.242 e. The van der Waals surface area contributed by atoms with E-state index in [4.69, 9.17) is 0 Å². The van der Waals surface area contributed by atoms with Crippen molar-refractivity contribution in [1.82, 2.24) is 15.5 Å². The Bertz CT molecular complexity index is 2430. The first-order valence-electron chi connectivity index (χ1n) is 22.5. The standard InChI is InChI=1S/C20H24N2OS.C17H18N2OS.C16H16N2OS/c1-3-13-21(14-4-2)20(23)15-22-16-9-5-7-11-18(16)24-19-12-8-6-10-17(19)22;1-2-11-18-17(20)12-19-13-7-3-5-9-15(13)21-16-10-6-4-8-14(16)19;1-2-17-16(19)11-18-12-7-3-5-9-14(12)20-15-10-6-4-8-13(15)18/h5-12H,3-4,13-15H2,1-2H3;3-10H,2,11-12H2,1H3,(H,18,20);3-10H,2,11H2,1H3,(H,17,19). The largest absolute Gasteiger partial charge is 0.355 e. The van der Waals surface area contributed by atoms with Crippen LogP contribution >= 0.6 is 35.3 Å². The number of anilines is 6. The zero-order chi connectivity index (χ0) is 45.5. The Labute approximate surface area is 397 Å². The van der Waals surface area contributed by atoms with Crippen LogP contribution in [-0.4, -0.2) is 68.4 Å². The molecule has 2 N–H and O–H groups in total. The van der Waals surface area contributed by atoms with Gasteiger partial charge in [0.1, 0.15) is 19.6 Å². The van der Waals surface area contributed by atoms with Crippen LogP contribution in [0.5, 0.6) is 0 Å². The summed E-state index contributed by atoms with van der Waals surface area (Å²) < 4.78 is 0. The topological polar surface area (TPSA) is 88.2 Å². The van der Waals surface area contributed by atoms with Gasteiger partial charge in [0.05, 0.1) is 34.1 Å². The normalized spacial score (nSPS) is 12.5. The van der Waals surface area contributed by atoms with E-state index in [0.717, 1.165) is 73.0 Å². The highest BCUT2D eigenvalue weighted by Crippen LogP contribution is 2.50. The molecule has 3 aliphatic rings. The predicted octanol–water partition coefficient (Wildman–Crippen LogP) is 12.2. The third kappa shape index (κ3) is 11.7. The van der Waals surface area contributed by atoms with E-state index in [9.17, 15) is 14.4 Å². The van der Waals surface area contributed by atoms with Gasteiger partial charge >= 0.3 is 0 Å². The first kappa shape index (κ1) is 47.2.